The number of aryl methyl sites for hydroxylation is 6. The van der Waals surface area contributed by atoms with Crippen molar-refractivity contribution < 1.29 is 31.4 Å². The molecule has 5 aliphatic heterocycles. The SMILES string of the molecule is C[n+]1c2n(c3c4ncccc4n(-c4ccccc4)c31)Cc1ccncc1-2.C[n+]1c2n(c3c4ncccc4oc31)Cc1ccncc1-2.Cn1c2cccnc2c2c1[n+](C)c1n2Cc2ccncc2-1.[2H]C([2H])([2H])n1c2cccnc2c2c1[n+](C)c1n2Cc2ccncc2-1.c1ccc(-n2c3[n+](c4c5ncccc5sc42)Cc2ccncc2-3)cc1. The topological polar surface area (TPSA) is 201 Å². The van der Waals surface area contributed by atoms with E-state index in [4.69, 9.17) is 13.5 Å². The maximum absolute atomic E-state index is 7.98. The molecule has 22 aromatic rings. The number of imidazole rings is 5. The normalized spacial score (nSPS) is 13.4. The summed E-state index contributed by atoms with van der Waals surface area (Å²) >= 11 is 1.80. The average molecular weight is 1500 g/mol. The molecular weight excluding hydrogens is 1430 g/mol. The summed E-state index contributed by atoms with van der Waals surface area (Å²) in [6.45, 7) is 1.87. The van der Waals surface area contributed by atoms with Gasteiger partial charge in [0.25, 0.3) is 28.6 Å². The first-order chi connectivity index (χ1) is 56.9. The smallest absolute Gasteiger partial charge is 0.340 e. The minimum Gasteiger partial charge on any atom is -0.417 e. The molecule has 0 saturated carbocycles. The summed E-state index contributed by atoms with van der Waals surface area (Å²) in [5.74, 6) is 5.70. The van der Waals surface area contributed by atoms with Crippen LogP contribution in [0.2, 0.25) is 0 Å². The summed E-state index contributed by atoms with van der Waals surface area (Å²) in [5.41, 5.74) is 32.6. The number of rotatable bonds is 2. The van der Waals surface area contributed by atoms with Crippen molar-refractivity contribution in [1.82, 2.24) is 86.4 Å². The quantitative estimate of drug-likeness (QED) is 0.149. The number of benzene rings is 2. The van der Waals surface area contributed by atoms with Crippen LogP contribution >= 0.6 is 11.3 Å². The van der Waals surface area contributed by atoms with Gasteiger partial charge in [0.1, 0.15) is 63.1 Å². The molecule has 0 spiro atoms. The molecule has 25 heterocycles. The largest absolute Gasteiger partial charge is 0.417 e. The molecule has 0 amide bonds. The summed E-state index contributed by atoms with van der Waals surface area (Å²) in [6, 6.07) is 51.3. The first-order valence-electron chi connectivity index (χ1n) is 38.8. The third kappa shape index (κ3) is 9.14. The molecule has 0 fully saturated rings. The molecule has 0 atom stereocenters. The molecule has 542 valence electrons. The van der Waals surface area contributed by atoms with E-state index in [-0.39, 0.29) is 0 Å². The number of thiophene rings is 1. The van der Waals surface area contributed by atoms with E-state index in [0.29, 0.717) is 23.2 Å². The number of fused-ring (bicyclic) bond motifs is 35. The molecule has 0 aliphatic carbocycles. The summed E-state index contributed by atoms with van der Waals surface area (Å²) in [5, 5.41) is 0. The molecule has 2 aromatic carbocycles. The third-order valence-electron chi connectivity index (χ3n) is 23.1. The fourth-order valence-electron chi connectivity index (χ4n) is 18.3. The maximum atomic E-state index is 7.98. The van der Waals surface area contributed by atoms with Crippen LogP contribution in [-0.2, 0) is 74.9 Å². The first-order valence-corrected chi connectivity index (χ1v) is 38.1. The lowest BCUT2D eigenvalue weighted by Gasteiger charge is -2.03. The number of para-hydroxylation sites is 2. The van der Waals surface area contributed by atoms with E-state index < -0.39 is 6.98 Å². The third-order valence-corrected chi connectivity index (χ3v) is 24.2. The van der Waals surface area contributed by atoms with Crippen molar-refractivity contribution >= 4 is 121 Å². The Morgan fingerprint density at radius 1 is 0.372 bits per heavy atom. The summed E-state index contributed by atoms with van der Waals surface area (Å²) in [6.07, 6.45) is 28.0. The van der Waals surface area contributed by atoms with Crippen LogP contribution in [0.1, 0.15) is 31.9 Å². The lowest BCUT2D eigenvalue weighted by atomic mass is 10.2. The Hall–Kier alpha value is -14.6. The van der Waals surface area contributed by atoms with Gasteiger partial charge in [0.2, 0.25) is 49.9 Å². The predicted octanol–water partition coefficient (Wildman–Crippen LogP) is 12.8. The standard InChI is InChI=1S/C21H16N5.C20H13N4S.2C16H14N5.C15H11N4O/c1-24-20-16-12-22-11-9-14(16)13-25(20)19-18-17(8-5-10-23-18)26(21(19)24)15-6-3-2-4-7-15;1-2-5-14(6-3-1)24-19-15-11-21-10-8-13(15)12-23(19)18-17-16(25-20(18)24)7-4-9-22-17;2*1-19-12-4-3-6-18-13(12)14-16(19)20(2)15-11-8-17-7-5-10(11)9-21(14)15;1-18-14-10-7-16-6-4-9(10)8-19(14)13-12-11(20-15(13)18)3-2-5-17-12/h2-12H,13H2,1H3;1-11H,12H2;2*3-8H,9H2,1-2H3;2-7H,8H2,1H3/q5*+1/i;;1D3;;. The summed E-state index contributed by atoms with van der Waals surface area (Å²) in [4.78, 5) is 45.7. The zero-order valence-electron chi connectivity index (χ0n) is 64.7. The van der Waals surface area contributed by atoms with E-state index in [1.54, 1.807) is 36.0 Å². The van der Waals surface area contributed by atoms with E-state index >= 15 is 0 Å². The molecular formula is C88H68N23OS+5. The van der Waals surface area contributed by atoms with Crippen LogP contribution in [0.15, 0.2) is 249 Å². The Morgan fingerprint density at radius 3 is 1.31 bits per heavy atom. The van der Waals surface area contributed by atoms with Crippen molar-refractivity contribution in [2.75, 3.05) is 0 Å². The molecule has 24 nitrogen and oxygen atoms in total. The molecule has 0 N–H and O–H groups in total. The van der Waals surface area contributed by atoms with Gasteiger partial charge in [-0.25, -0.2) is 61.0 Å². The van der Waals surface area contributed by atoms with E-state index in [2.05, 4.69) is 213 Å². The minimum absolute atomic E-state index is 0.627. The van der Waals surface area contributed by atoms with Crippen LogP contribution in [0, 0.1) is 0 Å². The Morgan fingerprint density at radius 2 is 0.779 bits per heavy atom. The van der Waals surface area contributed by atoms with Crippen molar-refractivity contribution in [1.29, 1.82) is 0 Å². The molecule has 0 unspecified atom stereocenters. The van der Waals surface area contributed by atoms with E-state index in [9.17, 15) is 0 Å². The number of furan rings is 1. The molecule has 0 radical (unpaired) electrons. The second-order valence-electron chi connectivity index (χ2n) is 29.0. The molecule has 5 aliphatic rings. The number of hydrogen-bond donors (Lipinski definition) is 0. The van der Waals surface area contributed by atoms with E-state index in [0.717, 1.165) is 105 Å². The van der Waals surface area contributed by atoms with Crippen LogP contribution in [0.5, 0.6) is 0 Å². The molecule has 113 heavy (non-hydrogen) atoms. The maximum Gasteiger partial charge on any atom is 0.340 e. The second-order valence-corrected chi connectivity index (χ2v) is 30.1. The van der Waals surface area contributed by atoms with Gasteiger partial charge in [-0.05, 0) is 115 Å². The van der Waals surface area contributed by atoms with Crippen LogP contribution in [0.25, 0.3) is 178 Å². The highest BCUT2D eigenvalue weighted by Gasteiger charge is 2.42. The minimum atomic E-state index is -2.28. The Bertz CT molecular complexity index is 7900. The highest BCUT2D eigenvalue weighted by atomic mass is 32.1. The summed E-state index contributed by atoms with van der Waals surface area (Å²) < 4.78 is 59.5. The van der Waals surface area contributed by atoms with Gasteiger partial charge in [-0.3, -0.25) is 39.0 Å². The average Bonchev–Trinajstić information content (AvgIpc) is 1.55. The van der Waals surface area contributed by atoms with Crippen LogP contribution in [0.3, 0.4) is 0 Å². The van der Waals surface area contributed by atoms with Gasteiger partial charge in [0.15, 0.2) is 11.1 Å². The lowest BCUT2D eigenvalue weighted by molar-refractivity contribution is -0.645. The second kappa shape index (κ2) is 24.5. The van der Waals surface area contributed by atoms with Crippen molar-refractivity contribution in [2.45, 2.75) is 32.7 Å². The highest BCUT2D eigenvalue weighted by Crippen LogP contribution is 2.44. The van der Waals surface area contributed by atoms with E-state index in [1.807, 2.05) is 142 Å². The lowest BCUT2D eigenvalue weighted by Crippen LogP contribution is -2.31. The number of nitrogens with zero attached hydrogens (tertiary/aromatic N) is 23. The van der Waals surface area contributed by atoms with Crippen LogP contribution in [0.4, 0.5) is 0 Å². The fourth-order valence-corrected chi connectivity index (χ4v) is 19.5. The molecule has 20 aromatic heterocycles. The van der Waals surface area contributed by atoms with Crippen LogP contribution < -0.4 is 22.8 Å². The van der Waals surface area contributed by atoms with Gasteiger partial charge < -0.3 is 4.42 Å². The van der Waals surface area contributed by atoms with Gasteiger partial charge in [-0.2, -0.15) is 9.13 Å². The molecule has 0 bridgehead atoms. The van der Waals surface area contributed by atoms with Crippen molar-refractivity contribution in [3.05, 3.63) is 272 Å². The van der Waals surface area contributed by atoms with Gasteiger partial charge >= 0.3 is 5.71 Å². The molecule has 0 saturated heterocycles. The van der Waals surface area contributed by atoms with Crippen molar-refractivity contribution in [3.8, 4) is 68.3 Å². The summed E-state index contributed by atoms with van der Waals surface area (Å²) in [7, 11) is 10.3. The van der Waals surface area contributed by atoms with Crippen molar-refractivity contribution in [2.24, 2.45) is 42.2 Å². The molecule has 25 heteroatoms. The first kappa shape index (κ1) is 61.3. The molecule has 27 rings (SSSR count). The Balaban J connectivity index is 0.0000000858. The number of aromatic nitrogens is 23. The van der Waals surface area contributed by atoms with Gasteiger partial charge in [0, 0.05) is 121 Å². The Labute approximate surface area is 650 Å². The van der Waals surface area contributed by atoms with Gasteiger partial charge in [0.05, 0.1) is 98.5 Å². The monoisotopic (exact) mass is 1500 g/mol. The van der Waals surface area contributed by atoms with Gasteiger partial charge in [-0.15, -0.1) is 0 Å². The number of pyridine rings is 10. The van der Waals surface area contributed by atoms with Crippen molar-refractivity contribution in [3.63, 3.8) is 0 Å². The Kier molecular flexibility index (Phi) is 13.3. The zero-order chi connectivity index (χ0) is 77.7. The van der Waals surface area contributed by atoms with Crippen LogP contribution in [-0.4, -0.2) is 86.4 Å². The van der Waals surface area contributed by atoms with E-state index in [1.165, 1.54) is 115 Å². The number of hydrogen-bond acceptors (Lipinski definition) is 12. The highest BCUT2D eigenvalue weighted by molar-refractivity contribution is 7.25. The predicted molar refractivity (Wildman–Crippen MR) is 432 cm³/mol. The fraction of sp³-hybridized carbons (Fsp3) is 0.125. The zero-order valence-corrected chi connectivity index (χ0v) is 62.5. The van der Waals surface area contributed by atoms with Gasteiger partial charge in [-0.1, -0.05) is 47.7 Å².